The zero-order chi connectivity index (χ0) is 12.3. The van der Waals surface area contributed by atoms with Gasteiger partial charge in [0.25, 0.3) is 0 Å². The zero-order valence-corrected chi connectivity index (χ0v) is 11.7. The predicted octanol–water partition coefficient (Wildman–Crippen LogP) is 4.33. The van der Waals surface area contributed by atoms with Crippen molar-refractivity contribution in [3.8, 4) is 0 Å². The molecule has 0 N–H and O–H groups in total. The number of rotatable bonds is 4. The number of hydrogen-bond acceptors (Lipinski definition) is 2. The number of alkyl halides is 1. The van der Waals surface area contributed by atoms with E-state index in [-0.39, 0.29) is 0 Å². The molecule has 90 valence electrons. The van der Waals surface area contributed by atoms with Crippen molar-refractivity contribution in [1.29, 1.82) is 0 Å². The molecule has 0 radical (unpaired) electrons. The number of halogens is 1. The molecule has 2 aromatic rings. The molecular weight excluding hydrogens is 250 g/mol. The lowest BCUT2D eigenvalue weighted by molar-refractivity contribution is 0.768. The van der Waals surface area contributed by atoms with Gasteiger partial charge in [-0.3, -0.25) is 0 Å². The topological polar surface area (TPSA) is 12.9 Å². The summed E-state index contributed by atoms with van der Waals surface area (Å²) in [6.07, 6.45) is 2.96. The quantitative estimate of drug-likeness (QED) is 0.750. The molecule has 2 rings (SSSR count). The van der Waals surface area contributed by atoms with E-state index < -0.39 is 0 Å². The second-order valence-electron chi connectivity index (χ2n) is 4.26. The van der Waals surface area contributed by atoms with Gasteiger partial charge in [0.1, 0.15) is 0 Å². The summed E-state index contributed by atoms with van der Waals surface area (Å²) in [5, 5.41) is 1.12. The van der Waals surface area contributed by atoms with Crippen molar-refractivity contribution in [1.82, 2.24) is 4.98 Å². The average Bonchev–Trinajstić information content (AvgIpc) is 2.73. The molecule has 1 nitrogen and oxygen atoms in total. The van der Waals surface area contributed by atoms with E-state index in [0.717, 1.165) is 11.4 Å². The molecule has 17 heavy (non-hydrogen) atoms. The number of benzene rings is 1. The summed E-state index contributed by atoms with van der Waals surface area (Å²) < 4.78 is 0. The van der Waals surface area contributed by atoms with E-state index in [4.69, 9.17) is 11.6 Å². The molecule has 1 unspecified atom stereocenters. The predicted molar refractivity (Wildman–Crippen MR) is 75.2 cm³/mol. The summed E-state index contributed by atoms with van der Waals surface area (Å²) in [6, 6.07) is 8.48. The highest BCUT2D eigenvalue weighted by atomic mass is 35.5. The molecular formula is C14H16ClNS. The Morgan fingerprint density at radius 2 is 2.06 bits per heavy atom. The van der Waals surface area contributed by atoms with Crippen LogP contribution < -0.4 is 0 Å². The lowest BCUT2D eigenvalue weighted by Gasteiger charge is -2.15. The van der Waals surface area contributed by atoms with E-state index in [2.05, 4.69) is 36.2 Å². The van der Waals surface area contributed by atoms with E-state index in [9.17, 15) is 0 Å². The Bertz CT molecular complexity index is 492. The lowest BCUT2D eigenvalue weighted by atomic mass is 9.93. The largest absolute Gasteiger partial charge is 0.250 e. The van der Waals surface area contributed by atoms with Gasteiger partial charge in [0.05, 0.1) is 5.01 Å². The van der Waals surface area contributed by atoms with Gasteiger partial charge in [-0.1, -0.05) is 24.3 Å². The number of aromatic nitrogens is 1. The van der Waals surface area contributed by atoms with Crippen molar-refractivity contribution >= 4 is 22.9 Å². The number of aryl methyl sites for hydroxylation is 2. The van der Waals surface area contributed by atoms with Crippen molar-refractivity contribution < 1.29 is 0 Å². The third kappa shape index (κ3) is 3.08. The highest BCUT2D eigenvalue weighted by Gasteiger charge is 2.14. The van der Waals surface area contributed by atoms with Crippen molar-refractivity contribution in [2.24, 2.45) is 0 Å². The molecule has 1 aromatic carbocycles. The fraction of sp³-hybridized carbons (Fsp3) is 0.357. The molecule has 0 bridgehead atoms. The van der Waals surface area contributed by atoms with Gasteiger partial charge < -0.3 is 0 Å². The van der Waals surface area contributed by atoms with Crippen molar-refractivity contribution in [2.45, 2.75) is 26.2 Å². The van der Waals surface area contributed by atoms with Crippen LogP contribution in [0.25, 0.3) is 0 Å². The molecule has 3 heteroatoms. The molecule has 0 saturated heterocycles. The number of thiazole rings is 1. The first-order chi connectivity index (χ1) is 8.20. The third-order valence-electron chi connectivity index (χ3n) is 2.93. The van der Waals surface area contributed by atoms with Gasteiger partial charge in [0, 0.05) is 22.9 Å². The van der Waals surface area contributed by atoms with Gasteiger partial charge in [-0.05, 0) is 31.4 Å². The van der Waals surface area contributed by atoms with Gasteiger partial charge in [-0.15, -0.1) is 22.9 Å². The minimum atomic E-state index is 0.387. The highest BCUT2D eigenvalue weighted by molar-refractivity contribution is 7.11. The molecule has 0 amide bonds. The van der Waals surface area contributed by atoms with Crippen LogP contribution in [0.3, 0.4) is 0 Å². The van der Waals surface area contributed by atoms with E-state index in [1.165, 1.54) is 16.0 Å². The Hall–Kier alpha value is -0.860. The lowest BCUT2D eigenvalue weighted by Crippen LogP contribution is -2.05. The summed E-state index contributed by atoms with van der Waals surface area (Å²) in [4.78, 5) is 5.61. The summed E-state index contributed by atoms with van der Waals surface area (Å²) in [5.74, 6) is 1.04. The van der Waals surface area contributed by atoms with Crippen molar-refractivity contribution in [2.75, 3.05) is 5.88 Å². The Balaban J connectivity index is 2.20. The van der Waals surface area contributed by atoms with Crippen LogP contribution in [0.5, 0.6) is 0 Å². The number of hydrogen-bond donors (Lipinski definition) is 0. The van der Waals surface area contributed by atoms with E-state index in [1.807, 2.05) is 13.1 Å². The maximum Gasteiger partial charge on any atom is 0.0896 e. The Kier molecular flexibility index (Phi) is 4.19. The van der Waals surface area contributed by atoms with Gasteiger partial charge in [0.2, 0.25) is 0 Å². The van der Waals surface area contributed by atoms with Crippen LogP contribution in [-0.2, 0) is 6.42 Å². The smallest absolute Gasteiger partial charge is 0.0896 e. The van der Waals surface area contributed by atoms with Crippen LogP contribution in [-0.4, -0.2) is 10.9 Å². The standard InChI is InChI=1S/C14H16ClNS/c1-10-5-3-4-6-14(10)12(8-15)7-13-9-16-11(2)17-13/h3-6,9,12H,7-8H2,1-2H3. The molecule has 0 aliphatic carbocycles. The third-order valence-corrected chi connectivity index (χ3v) is 4.24. The molecule has 0 fully saturated rings. The van der Waals surface area contributed by atoms with Crippen LogP contribution in [0.4, 0.5) is 0 Å². The van der Waals surface area contributed by atoms with Crippen LogP contribution in [0.2, 0.25) is 0 Å². The highest BCUT2D eigenvalue weighted by Crippen LogP contribution is 2.27. The van der Waals surface area contributed by atoms with Gasteiger partial charge >= 0.3 is 0 Å². The van der Waals surface area contributed by atoms with Crippen LogP contribution >= 0.6 is 22.9 Å². The van der Waals surface area contributed by atoms with Gasteiger partial charge in [0.15, 0.2) is 0 Å². The van der Waals surface area contributed by atoms with E-state index in [0.29, 0.717) is 11.8 Å². The van der Waals surface area contributed by atoms with Crippen molar-refractivity contribution in [3.05, 3.63) is 51.5 Å². The van der Waals surface area contributed by atoms with E-state index >= 15 is 0 Å². The van der Waals surface area contributed by atoms with Crippen molar-refractivity contribution in [3.63, 3.8) is 0 Å². The van der Waals surface area contributed by atoms with Crippen LogP contribution in [0.15, 0.2) is 30.5 Å². The Labute approximate surface area is 111 Å². The fourth-order valence-corrected chi connectivity index (χ4v) is 3.19. The minimum Gasteiger partial charge on any atom is -0.250 e. The monoisotopic (exact) mass is 265 g/mol. The minimum absolute atomic E-state index is 0.387. The molecule has 0 aliphatic rings. The number of nitrogens with zero attached hydrogens (tertiary/aromatic N) is 1. The SMILES string of the molecule is Cc1ncc(CC(CCl)c2ccccc2C)s1. The zero-order valence-electron chi connectivity index (χ0n) is 10.1. The van der Waals surface area contributed by atoms with Crippen LogP contribution in [0.1, 0.15) is 26.9 Å². The summed E-state index contributed by atoms with van der Waals surface area (Å²) >= 11 is 7.88. The summed E-state index contributed by atoms with van der Waals surface area (Å²) in [5.41, 5.74) is 2.67. The molecule has 0 saturated carbocycles. The maximum absolute atomic E-state index is 6.11. The second kappa shape index (κ2) is 5.65. The molecule has 1 atom stereocenters. The average molecular weight is 266 g/mol. The van der Waals surface area contributed by atoms with Gasteiger partial charge in [-0.2, -0.15) is 0 Å². The summed E-state index contributed by atoms with van der Waals surface area (Å²) in [7, 11) is 0. The summed E-state index contributed by atoms with van der Waals surface area (Å²) in [6.45, 7) is 4.18. The maximum atomic E-state index is 6.11. The molecule has 1 aromatic heterocycles. The first kappa shape index (κ1) is 12.6. The first-order valence-corrected chi connectivity index (χ1v) is 7.08. The molecule has 1 heterocycles. The second-order valence-corrected chi connectivity index (χ2v) is 5.89. The molecule has 0 spiro atoms. The normalized spacial score (nSPS) is 12.6. The Morgan fingerprint density at radius 3 is 2.65 bits per heavy atom. The first-order valence-electron chi connectivity index (χ1n) is 5.73. The van der Waals surface area contributed by atoms with Gasteiger partial charge in [-0.25, -0.2) is 4.98 Å². The van der Waals surface area contributed by atoms with Crippen LogP contribution in [0, 0.1) is 13.8 Å². The Morgan fingerprint density at radius 1 is 1.29 bits per heavy atom. The van der Waals surface area contributed by atoms with E-state index in [1.54, 1.807) is 11.3 Å². The fourth-order valence-electron chi connectivity index (χ4n) is 2.04. The molecule has 0 aliphatic heterocycles.